The Morgan fingerprint density at radius 2 is 1.88 bits per heavy atom. The number of fused-ring (bicyclic) bond motifs is 3. The summed E-state index contributed by atoms with van der Waals surface area (Å²) in [5.74, 6) is 0. The summed E-state index contributed by atoms with van der Waals surface area (Å²) >= 11 is 0. The van der Waals surface area contributed by atoms with Crippen LogP contribution in [0.25, 0.3) is 11.3 Å². The molecule has 0 spiro atoms. The largest absolute Gasteiger partial charge is 0.304 e. The molecule has 0 atom stereocenters. The minimum atomic E-state index is 0. The zero-order valence-corrected chi connectivity index (χ0v) is 11.5. The molecule has 16 heavy (non-hydrogen) atoms. The van der Waals surface area contributed by atoms with Crippen molar-refractivity contribution >= 4 is 0 Å². The molecule has 1 aromatic heterocycles. The fourth-order valence-electron chi connectivity index (χ4n) is 2.41. The van der Waals surface area contributed by atoms with Crippen LogP contribution < -0.4 is 0 Å². The third kappa shape index (κ3) is 1.38. The van der Waals surface area contributed by atoms with E-state index in [4.69, 9.17) is 0 Å². The summed E-state index contributed by atoms with van der Waals surface area (Å²) in [4.78, 5) is 4.46. The predicted molar refractivity (Wildman–Crippen MR) is 60.6 cm³/mol. The van der Waals surface area contributed by atoms with E-state index in [9.17, 15) is 0 Å². The molecular weight excluding hydrogens is 377 g/mol. The van der Waals surface area contributed by atoms with Gasteiger partial charge in [-0.3, -0.25) is 0 Å². The average molecular weight is 389 g/mol. The van der Waals surface area contributed by atoms with Crippen molar-refractivity contribution in [3.8, 4) is 11.3 Å². The number of nitrogens with zero attached hydrogens (tertiary/aromatic N) is 1. The molecule has 1 heterocycles. The number of hydrogen-bond acceptors (Lipinski definition) is 1. The molecule has 0 radical (unpaired) electrons. The molecule has 0 unspecified atom stereocenters. The van der Waals surface area contributed by atoms with E-state index in [-0.39, 0.29) is 26.5 Å². The fourth-order valence-corrected chi connectivity index (χ4v) is 2.41. The quantitative estimate of drug-likeness (QED) is 0.631. The third-order valence-corrected chi connectivity index (χ3v) is 3.25. The maximum atomic E-state index is 4.46. The number of rotatable bonds is 0. The molecule has 3 rings (SSSR count). The van der Waals surface area contributed by atoms with Crippen LogP contribution in [0.5, 0.6) is 0 Å². The van der Waals surface area contributed by atoms with Crippen molar-refractivity contribution in [1.29, 1.82) is 0 Å². The van der Waals surface area contributed by atoms with Gasteiger partial charge >= 0.3 is 0 Å². The molecule has 84 valence electrons. The smallest absolute Gasteiger partial charge is 0.0160 e. The third-order valence-electron chi connectivity index (χ3n) is 3.25. The standard InChI is InChI=1S/C14H12N.Pt/c1-14(2)11-7-4-3-6-10(11)13-12(14)8-5-9-15-13;/h3-5,7-9H,1-2H3;/q-1;. The normalized spacial score (nSPS) is 14.9. The molecule has 2 heteroatoms. The van der Waals surface area contributed by atoms with Crippen molar-refractivity contribution in [1.82, 2.24) is 4.98 Å². The van der Waals surface area contributed by atoms with Gasteiger partial charge < -0.3 is 4.98 Å². The SMILES string of the molecule is CC1(C)c2ccc[c-]c2-c2ncccc21.[Pt]. The van der Waals surface area contributed by atoms with Gasteiger partial charge in [-0.25, -0.2) is 0 Å². The van der Waals surface area contributed by atoms with Crippen molar-refractivity contribution in [3.63, 3.8) is 0 Å². The molecule has 1 aromatic carbocycles. The summed E-state index contributed by atoms with van der Waals surface area (Å²) in [6.07, 6.45) is 1.85. The zero-order chi connectivity index (χ0) is 10.5. The maximum absolute atomic E-state index is 4.46. The first-order valence-corrected chi connectivity index (χ1v) is 5.18. The van der Waals surface area contributed by atoms with Gasteiger partial charge in [0.25, 0.3) is 0 Å². The van der Waals surface area contributed by atoms with E-state index < -0.39 is 0 Å². The number of aromatic nitrogens is 1. The van der Waals surface area contributed by atoms with Crippen LogP contribution in [0.4, 0.5) is 0 Å². The molecule has 1 nitrogen and oxygen atoms in total. The van der Waals surface area contributed by atoms with Crippen molar-refractivity contribution in [2.24, 2.45) is 0 Å². The van der Waals surface area contributed by atoms with Gasteiger partial charge in [0.2, 0.25) is 0 Å². The minimum absolute atomic E-state index is 0. The van der Waals surface area contributed by atoms with Crippen LogP contribution in [-0.4, -0.2) is 4.98 Å². The molecule has 0 saturated heterocycles. The molecule has 1 aliphatic carbocycles. The Morgan fingerprint density at radius 3 is 2.69 bits per heavy atom. The van der Waals surface area contributed by atoms with E-state index in [1.165, 1.54) is 11.1 Å². The molecule has 0 N–H and O–H groups in total. The van der Waals surface area contributed by atoms with Crippen molar-refractivity contribution in [2.75, 3.05) is 0 Å². The zero-order valence-electron chi connectivity index (χ0n) is 9.23. The second-order valence-corrected chi connectivity index (χ2v) is 4.48. The summed E-state index contributed by atoms with van der Waals surface area (Å²) in [5.41, 5.74) is 4.97. The summed E-state index contributed by atoms with van der Waals surface area (Å²) < 4.78 is 0. The molecule has 0 bridgehead atoms. The van der Waals surface area contributed by atoms with Crippen LogP contribution in [0.15, 0.2) is 36.5 Å². The number of benzene rings is 1. The summed E-state index contributed by atoms with van der Waals surface area (Å²) in [5, 5.41) is 0. The Hall–Kier alpha value is -0.942. The Kier molecular flexibility index (Phi) is 2.75. The first-order chi connectivity index (χ1) is 7.21. The first-order valence-electron chi connectivity index (χ1n) is 5.18. The Bertz CT molecular complexity index is 484. The molecule has 0 saturated carbocycles. The van der Waals surface area contributed by atoms with Gasteiger partial charge in [0.05, 0.1) is 0 Å². The van der Waals surface area contributed by atoms with Crippen molar-refractivity contribution in [2.45, 2.75) is 19.3 Å². The van der Waals surface area contributed by atoms with E-state index >= 15 is 0 Å². The van der Waals surface area contributed by atoms with Crippen molar-refractivity contribution < 1.29 is 21.1 Å². The van der Waals surface area contributed by atoms with Gasteiger partial charge in [-0.2, -0.15) is 0 Å². The number of hydrogen-bond donors (Lipinski definition) is 0. The summed E-state index contributed by atoms with van der Waals surface area (Å²) in [6.45, 7) is 4.49. The van der Waals surface area contributed by atoms with Gasteiger partial charge in [-0.1, -0.05) is 25.5 Å². The van der Waals surface area contributed by atoms with Crippen LogP contribution in [-0.2, 0) is 26.5 Å². The van der Waals surface area contributed by atoms with Crippen LogP contribution in [0, 0.1) is 6.07 Å². The van der Waals surface area contributed by atoms with Gasteiger partial charge in [0.1, 0.15) is 0 Å². The van der Waals surface area contributed by atoms with Crippen LogP contribution >= 0.6 is 0 Å². The van der Waals surface area contributed by atoms with Gasteiger partial charge in [0, 0.05) is 27.3 Å². The molecule has 1 aliphatic rings. The van der Waals surface area contributed by atoms with Gasteiger partial charge in [-0.15, -0.1) is 35.4 Å². The molecule has 0 amide bonds. The van der Waals surface area contributed by atoms with Gasteiger partial charge in [-0.05, 0) is 17.2 Å². The van der Waals surface area contributed by atoms with Crippen LogP contribution in [0.1, 0.15) is 25.0 Å². The maximum Gasteiger partial charge on any atom is 0.0160 e. The summed E-state index contributed by atoms with van der Waals surface area (Å²) in [6, 6.07) is 13.6. The van der Waals surface area contributed by atoms with Crippen LogP contribution in [0.3, 0.4) is 0 Å². The second-order valence-electron chi connectivity index (χ2n) is 4.48. The van der Waals surface area contributed by atoms with Crippen LogP contribution in [0.2, 0.25) is 0 Å². The van der Waals surface area contributed by atoms with E-state index in [2.05, 4.69) is 37.0 Å². The van der Waals surface area contributed by atoms with E-state index in [0.29, 0.717) is 0 Å². The Balaban J connectivity index is 0.000000963. The fraction of sp³-hybridized carbons (Fsp3) is 0.214. The molecule has 2 aromatic rings. The minimum Gasteiger partial charge on any atom is -0.304 e. The van der Waals surface area contributed by atoms with Gasteiger partial charge in [0.15, 0.2) is 0 Å². The average Bonchev–Trinajstić information content (AvgIpc) is 2.51. The second kappa shape index (κ2) is 3.82. The molecule has 0 aliphatic heterocycles. The van der Waals surface area contributed by atoms with E-state index in [1.807, 2.05) is 24.4 Å². The Morgan fingerprint density at radius 1 is 1.12 bits per heavy atom. The Labute approximate surface area is 110 Å². The number of pyridine rings is 1. The predicted octanol–water partition coefficient (Wildman–Crippen LogP) is 3.19. The van der Waals surface area contributed by atoms with E-state index in [1.54, 1.807) is 0 Å². The van der Waals surface area contributed by atoms with Crippen molar-refractivity contribution in [3.05, 3.63) is 53.7 Å². The molecule has 0 fully saturated rings. The first kappa shape index (κ1) is 11.5. The molecular formula is C14H12NPt-. The van der Waals surface area contributed by atoms with E-state index in [0.717, 1.165) is 11.3 Å². The topological polar surface area (TPSA) is 12.9 Å². The monoisotopic (exact) mass is 389 g/mol. The summed E-state index contributed by atoms with van der Waals surface area (Å²) in [7, 11) is 0.